The average Bonchev–Trinajstić information content (AvgIpc) is 2.69. The molecule has 0 unspecified atom stereocenters. The molecule has 0 heterocycles. The maximum Gasteiger partial charge on any atom is 0.232 e. The summed E-state index contributed by atoms with van der Waals surface area (Å²) in [4.78, 5) is 15.9. The molecule has 0 fully saturated rings. The van der Waals surface area contributed by atoms with Crippen molar-refractivity contribution in [1.82, 2.24) is 0 Å². The van der Waals surface area contributed by atoms with E-state index in [9.17, 15) is 9.00 Å². The van der Waals surface area contributed by atoms with Gasteiger partial charge in [0.25, 0.3) is 0 Å². The van der Waals surface area contributed by atoms with Crippen LogP contribution in [0.5, 0.6) is 0 Å². The van der Waals surface area contributed by atoms with Crippen LogP contribution in [0.15, 0.2) is 83.8 Å². The second-order valence-electron chi connectivity index (χ2n) is 6.57. The Hall–Kier alpha value is -2.43. The number of halogens is 1. The molecule has 3 aromatic rings. The summed E-state index contributed by atoms with van der Waals surface area (Å²) in [6.45, 7) is 2.00. The Bertz CT molecular complexity index is 973. The van der Waals surface area contributed by atoms with Gasteiger partial charge in [-0.15, -0.1) is 0 Å². The third-order valence-corrected chi connectivity index (χ3v) is 5.94. The van der Waals surface area contributed by atoms with Gasteiger partial charge in [0.05, 0.1) is 23.3 Å². The van der Waals surface area contributed by atoms with E-state index >= 15 is 0 Å². The third kappa shape index (κ3) is 4.70. The summed E-state index contributed by atoms with van der Waals surface area (Å²) in [5.41, 5.74) is 2.61. The van der Waals surface area contributed by atoms with Crippen molar-refractivity contribution in [2.24, 2.45) is 0 Å². The van der Waals surface area contributed by atoms with Crippen LogP contribution < -0.4 is 4.90 Å². The number of nitrogens with zero attached hydrogens (tertiary/aromatic N) is 1. The van der Waals surface area contributed by atoms with E-state index in [0.717, 1.165) is 16.8 Å². The van der Waals surface area contributed by atoms with E-state index in [2.05, 4.69) is 0 Å². The first-order chi connectivity index (χ1) is 13.5. The van der Waals surface area contributed by atoms with Gasteiger partial charge in [0.2, 0.25) is 5.91 Å². The van der Waals surface area contributed by atoms with Crippen LogP contribution >= 0.6 is 11.6 Å². The van der Waals surface area contributed by atoms with Crippen LogP contribution in [-0.4, -0.2) is 16.4 Å². The van der Waals surface area contributed by atoms with Gasteiger partial charge in [-0.3, -0.25) is 9.00 Å². The smallest absolute Gasteiger partial charge is 0.232 e. The molecule has 0 aliphatic carbocycles. The fourth-order valence-corrected chi connectivity index (χ4v) is 4.15. The number of amides is 1. The fraction of sp³-hybridized carbons (Fsp3) is 0.174. The van der Waals surface area contributed by atoms with Gasteiger partial charge < -0.3 is 4.90 Å². The standard InChI is InChI=1S/C23H22ClNO2S/c1-17(18-12-14-20(24)15-13-18)25(21-9-4-3-5-10-21)23(26)16-19-8-6-7-11-22(19)28(2)27/h3-15,17H,16H2,1-2H3/t17-,28+/m1/s1. The van der Waals surface area contributed by atoms with Crippen LogP contribution in [0.25, 0.3) is 0 Å². The lowest BCUT2D eigenvalue weighted by atomic mass is 10.0. The molecule has 144 valence electrons. The number of benzene rings is 3. The van der Waals surface area contributed by atoms with Crippen LogP contribution in [0.4, 0.5) is 5.69 Å². The number of para-hydroxylation sites is 1. The number of hydrogen-bond acceptors (Lipinski definition) is 2. The summed E-state index contributed by atoms with van der Waals surface area (Å²) in [6, 6.07) is 24.4. The molecule has 1 amide bonds. The SMILES string of the molecule is C[C@H](c1ccc(Cl)cc1)N(C(=O)Cc1ccccc1[S@](C)=O)c1ccccc1. The molecule has 2 atom stereocenters. The van der Waals surface area contributed by atoms with Crippen molar-refractivity contribution in [2.75, 3.05) is 11.2 Å². The topological polar surface area (TPSA) is 37.4 Å². The van der Waals surface area contributed by atoms with E-state index in [0.29, 0.717) is 9.92 Å². The number of carbonyl (C=O) groups excluding carboxylic acids is 1. The molecule has 3 aromatic carbocycles. The van der Waals surface area contributed by atoms with E-state index in [1.165, 1.54) is 0 Å². The van der Waals surface area contributed by atoms with Gasteiger partial charge in [-0.1, -0.05) is 60.1 Å². The van der Waals surface area contributed by atoms with Gasteiger partial charge >= 0.3 is 0 Å². The quantitative estimate of drug-likeness (QED) is 0.543. The highest BCUT2D eigenvalue weighted by Gasteiger charge is 2.24. The largest absolute Gasteiger partial charge is 0.305 e. The highest BCUT2D eigenvalue weighted by Crippen LogP contribution is 2.29. The second kappa shape index (κ2) is 9.18. The Labute approximate surface area is 173 Å². The molecule has 3 nitrogen and oxygen atoms in total. The first-order valence-corrected chi connectivity index (χ1v) is 10.9. The molecule has 28 heavy (non-hydrogen) atoms. The number of anilines is 1. The lowest BCUT2D eigenvalue weighted by Gasteiger charge is -2.30. The normalized spacial score (nSPS) is 13.0. The summed E-state index contributed by atoms with van der Waals surface area (Å²) in [5, 5.41) is 0.660. The lowest BCUT2D eigenvalue weighted by Crippen LogP contribution is -2.35. The Morgan fingerprint density at radius 2 is 1.57 bits per heavy atom. The molecule has 0 radical (unpaired) electrons. The molecule has 0 bridgehead atoms. The molecule has 0 N–H and O–H groups in total. The minimum atomic E-state index is -1.15. The number of rotatable bonds is 6. The van der Waals surface area contributed by atoms with Gasteiger partial charge in [-0.2, -0.15) is 0 Å². The van der Waals surface area contributed by atoms with Gasteiger partial charge in [-0.25, -0.2) is 0 Å². The molecule has 0 aliphatic heterocycles. The van der Waals surface area contributed by atoms with Crippen molar-refractivity contribution >= 4 is 34.0 Å². The monoisotopic (exact) mass is 411 g/mol. The average molecular weight is 412 g/mol. The first-order valence-electron chi connectivity index (χ1n) is 9.01. The zero-order valence-corrected chi connectivity index (χ0v) is 17.4. The van der Waals surface area contributed by atoms with Crippen molar-refractivity contribution < 1.29 is 9.00 Å². The van der Waals surface area contributed by atoms with E-state index < -0.39 is 10.8 Å². The maximum atomic E-state index is 13.4. The summed E-state index contributed by atoms with van der Waals surface area (Å²) in [5.74, 6) is -0.0495. The first kappa shape index (κ1) is 20.3. The van der Waals surface area contributed by atoms with Crippen molar-refractivity contribution in [1.29, 1.82) is 0 Å². The zero-order valence-electron chi connectivity index (χ0n) is 15.8. The molecule has 0 saturated carbocycles. The van der Waals surface area contributed by atoms with Crippen molar-refractivity contribution in [2.45, 2.75) is 24.3 Å². The predicted octanol–water partition coefficient (Wildman–Crippen LogP) is 5.41. The Morgan fingerprint density at radius 1 is 0.964 bits per heavy atom. The molecule has 0 aliphatic rings. The van der Waals surface area contributed by atoms with Crippen LogP contribution in [0, 0.1) is 0 Å². The highest BCUT2D eigenvalue weighted by molar-refractivity contribution is 7.84. The van der Waals surface area contributed by atoms with Crippen molar-refractivity contribution in [3.8, 4) is 0 Å². The molecular weight excluding hydrogens is 390 g/mol. The van der Waals surface area contributed by atoms with Crippen LogP contribution in [0.2, 0.25) is 5.02 Å². The maximum absolute atomic E-state index is 13.4. The molecule has 5 heteroatoms. The van der Waals surface area contributed by atoms with Gasteiger partial charge in [-0.05, 0) is 48.4 Å². The van der Waals surface area contributed by atoms with E-state index in [1.807, 2.05) is 85.8 Å². The highest BCUT2D eigenvalue weighted by atomic mass is 35.5. The van der Waals surface area contributed by atoms with Crippen molar-refractivity contribution in [3.05, 3.63) is 95.0 Å². The van der Waals surface area contributed by atoms with E-state index in [1.54, 1.807) is 11.2 Å². The van der Waals surface area contributed by atoms with E-state index in [4.69, 9.17) is 11.6 Å². The molecule has 0 saturated heterocycles. The van der Waals surface area contributed by atoms with E-state index in [-0.39, 0.29) is 18.4 Å². The summed E-state index contributed by atoms with van der Waals surface area (Å²) in [7, 11) is -1.15. The van der Waals surface area contributed by atoms with Crippen molar-refractivity contribution in [3.63, 3.8) is 0 Å². The number of hydrogen-bond donors (Lipinski definition) is 0. The summed E-state index contributed by atoms with van der Waals surface area (Å²) < 4.78 is 12.0. The third-order valence-electron chi connectivity index (χ3n) is 4.67. The molecule has 0 aromatic heterocycles. The molecular formula is C23H22ClNO2S. The summed E-state index contributed by atoms with van der Waals surface area (Å²) in [6.07, 6.45) is 1.82. The zero-order chi connectivity index (χ0) is 20.1. The van der Waals surface area contributed by atoms with Crippen LogP contribution in [-0.2, 0) is 22.0 Å². The number of carbonyl (C=O) groups is 1. The molecule has 0 spiro atoms. The van der Waals surface area contributed by atoms with Gasteiger partial charge in [0, 0.05) is 21.9 Å². The lowest BCUT2D eigenvalue weighted by molar-refractivity contribution is -0.118. The minimum absolute atomic E-state index is 0.0495. The van der Waals surface area contributed by atoms with Crippen LogP contribution in [0.1, 0.15) is 24.1 Å². The molecule has 3 rings (SSSR count). The fourth-order valence-electron chi connectivity index (χ4n) is 3.24. The summed E-state index contributed by atoms with van der Waals surface area (Å²) >= 11 is 6.02. The minimum Gasteiger partial charge on any atom is -0.305 e. The van der Waals surface area contributed by atoms with Gasteiger partial charge in [0.15, 0.2) is 0 Å². The Kier molecular flexibility index (Phi) is 6.65. The predicted molar refractivity (Wildman–Crippen MR) is 116 cm³/mol. The second-order valence-corrected chi connectivity index (χ2v) is 8.35. The van der Waals surface area contributed by atoms with Gasteiger partial charge in [0.1, 0.15) is 0 Å². The Balaban J connectivity index is 1.96. The Morgan fingerprint density at radius 3 is 2.21 bits per heavy atom. The van der Waals surface area contributed by atoms with Crippen LogP contribution in [0.3, 0.4) is 0 Å².